The van der Waals surface area contributed by atoms with Gasteiger partial charge in [0.25, 0.3) is 10.0 Å². The molecule has 39 heavy (non-hydrogen) atoms. The Morgan fingerprint density at radius 2 is 1.74 bits per heavy atom. The van der Waals surface area contributed by atoms with Gasteiger partial charge in [-0.05, 0) is 63.4 Å². The smallest absolute Gasteiger partial charge is 0.263 e. The molecule has 4 rings (SSSR count). The summed E-state index contributed by atoms with van der Waals surface area (Å²) in [6.45, 7) is 10.3. The van der Waals surface area contributed by atoms with E-state index in [0.29, 0.717) is 41.6 Å². The van der Waals surface area contributed by atoms with Crippen molar-refractivity contribution >= 4 is 15.8 Å². The third-order valence-electron chi connectivity index (χ3n) is 6.32. The molecule has 9 nitrogen and oxygen atoms in total. The van der Waals surface area contributed by atoms with Crippen LogP contribution in [0.25, 0.3) is 11.1 Å². The van der Waals surface area contributed by atoms with E-state index in [1.165, 1.54) is 0 Å². The van der Waals surface area contributed by atoms with Crippen LogP contribution in [0.4, 0.5) is 5.82 Å². The number of anilines is 1. The minimum atomic E-state index is -3.97. The monoisotopic (exact) mass is 551 g/mol. The fourth-order valence-electron chi connectivity index (χ4n) is 4.25. The average Bonchev–Trinajstić information content (AvgIpc) is 3.22. The highest BCUT2D eigenvalue weighted by molar-refractivity contribution is 7.92. The van der Waals surface area contributed by atoms with Crippen LogP contribution in [0.3, 0.4) is 0 Å². The molecule has 0 amide bonds. The Bertz CT molecular complexity index is 1580. The van der Waals surface area contributed by atoms with E-state index in [0.717, 1.165) is 28.1 Å². The summed E-state index contributed by atoms with van der Waals surface area (Å²) >= 11 is 0. The average molecular weight is 552 g/mol. The van der Waals surface area contributed by atoms with Gasteiger partial charge in [0, 0.05) is 29.5 Å². The van der Waals surface area contributed by atoms with E-state index in [9.17, 15) is 8.42 Å². The van der Waals surface area contributed by atoms with E-state index in [2.05, 4.69) is 14.9 Å². The largest absolute Gasteiger partial charge is 0.491 e. The molecule has 0 aliphatic rings. The zero-order chi connectivity index (χ0) is 28.2. The molecule has 0 fully saturated rings. The highest BCUT2D eigenvalue weighted by Crippen LogP contribution is 2.34. The summed E-state index contributed by atoms with van der Waals surface area (Å²) < 4.78 is 52.0. The van der Waals surface area contributed by atoms with Crippen LogP contribution in [0.5, 0.6) is 11.5 Å². The zero-order valence-electron chi connectivity index (χ0n) is 23.0. The SMILES string of the molecule is CCOCc1cc(COc2cc(C)nc(C)c2OC)ccc1-c1ccccc1S(=O)(=O)Nc1noc(C)c1C. The van der Waals surface area contributed by atoms with Crippen LogP contribution in [0.15, 0.2) is 57.9 Å². The first-order valence-corrected chi connectivity index (χ1v) is 14.0. The van der Waals surface area contributed by atoms with Crippen LogP contribution >= 0.6 is 0 Å². The lowest BCUT2D eigenvalue weighted by atomic mass is 9.98. The summed E-state index contributed by atoms with van der Waals surface area (Å²) in [6.07, 6.45) is 0. The first-order chi connectivity index (χ1) is 18.6. The van der Waals surface area contributed by atoms with E-state index in [1.54, 1.807) is 39.2 Å². The molecule has 0 aliphatic heterocycles. The molecule has 0 spiro atoms. The molecule has 0 aliphatic carbocycles. The van der Waals surface area contributed by atoms with Crippen molar-refractivity contribution in [1.82, 2.24) is 10.1 Å². The fraction of sp³-hybridized carbons (Fsp3) is 0.310. The van der Waals surface area contributed by atoms with Crippen molar-refractivity contribution in [3.63, 3.8) is 0 Å². The van der Waals surface area contributed by atoms with E-state index >= 15 is 0 Å². The van der Waals surface area contributed by atoms with Crippen molar-refractivity contribution < 1.29 is 27.2 Å². The molecule has 10 heteroatoms. The summed E-state index contributed by atoms with van der Waals surface area (Å²) in [6, 6.07) is 14.5. The lowest BCUT2D eigenvalue weighted by Gasteiger charge is -2.17. The van der Waals surface area contributed by atoms with Crippen molar-refractivity contribution in [2.45, 2.75) is 52.7 Å². The molecular formula is C29H33N3O6S. The van der Waals surface area contributed by atoms with Crippen molar-refractivity contribution in [1.29, 1.82) is 0 Å². The van der Waals surface area contributed by atoms with Crippen LogP contribution < -0.4 is 14.2 Å². The third-order valence-corrected chi connectivity index (χ3v) is 7.72. The Morgan fingerprint density at radius 1 is 0.974 bits per heavy atom. The Morgan fingerprint density at radius 3 is 2.44 bits per heavy atom. The molecule has 2 aromatic heterocycles. The van der Waals surface area contributed by atoms with Gasteiger partial charge in [-0.25, -0.2) is 8.42 Å². The first kappa shape index (κ1) is 28.1. The Hall–Kier alpha value is -3.89. The lowest BCUT2D eigenvalue weighted by molar-refractivity contribution is 0.134. The highest BCUT2D eigenvalue weighted by Gasteiger charge is 2.23. The van der Waals surface area contributed by atoms with E-state index in [4.69, 9.17) is 18.7 Å². The highest BCUT2D eigenvalue weighted by atomic mass is 32.2. The third kappa shape index (κ3) is 6.23. The molecule has 0 bridgehead atoms. The molecule has 1 N–H and O–H groups in total. The van der Waals surface area contributed by atoms with Crippen LogP contribution in [-0.4, -0.2) is 32.3 Å². The van der Waals surface area contributed by atoms with Crippen LogP contribution in [-0.2, 0) is 28.0 Å². The summed E-state index contributed by atoms with van der Waals surface area (Å²) in [5, 5.41) is 3.85. The van der Waals surface area contributed by atoms with Gasteiger partial charge in [-0.2, -0.15) is 0 Å². The second kappa shape index (κ2) is 11.9. The predicted molar refractivity (Wildman–Crippen MR) is 149 cm³/mol. The van der Waals surface area contributed by atoms with E-state index in [-0.39, 0.29) is 17.3 Å². The number of aryl methyl sites for hydroxylation is 3. The molecule has 206 valence electrons. The summed E-state index contributed by atoms with van der Waals surface area (Å²) in [5.41, 5.74) is 5.24. The van der Waals surface area contributed by atoms with Gasteiger partial charge in [0.15, 0.2) is 17.3 Å². The number of benzene rings is 2. The Kier molecular flexibility index (Phi) is 8.57. The maximum Gasteiger partial charge on any atom is 0.263 e. The van der Waals surface area contributed by atoms with Crippen molar-refractivity contribution in [2.75, 3.05) is 18.4 Å². The number of sulfonamides is 1. The number of methoxy groups -OCH3 is 1. The molecule has 4 aromatic rings. The number of rotatable bonds is 11. The van der Waals surface area contributed by atoms with Crippen molar-refractivity contribution in [3.05, 3.63) is 82.4 Å². The van der Waals surface area contributed by atoms with Gasteiger partial charge in [0.2, 0.25) is 0 Å². The van der Waals surface area contributed by atoms with Gasteiger partial charge in [-0.15, -0.1) is 0 Å². The van der Waals surface area contributed by atoms with Crippen molar-refractivity contribution in [3.8, 4) is 22.6 Å². The Labute approximate surface area is 229 Å². The quantitative estimate of drug-likeness (QED) is 0.245. The molecule has 0 unspecified atom stereocenters. The molecule has 0 atom stereocenters. The standard InChI is InChI=1S/C29H33N3O6S/c1-7-36-17-23-15-22(16-37-26-14-18(2)30-20(4)28(26)35-6)12-13-24(23)25-10-8-9-11-27(25)39(33,34)32-29-19(3)21(5)38-31-29/h8-15H,7,16-17H2,1-6H3,(H,31,32). The van der Waals surface area contributed by atoms with Gasteiger partial charge in [-0.3, -0.25) is 9.71 Å². The number of aromatic nitrogens is 2. The molecule has 0 saturated heterocycles. The molecule has 2 heterocycles. The second-order valence-electron chi connectivity index (χ2n) is 9.11. The summed E-state index contributed by atoms with van der Waals surface area (Å²) in [7, 11) is -2.38. The maximum absolute atomic E-state index is 13.5. The van der Waals surface area contributed by atoms with Gasteiger partial charge < -0.3 is 18.7 Å². The maximum atomic E-state index is 13.5. The van der Waals surface area contributed by atoms with Crippen LogP contribution in [0.1, 0.15) is 40.8 Å². The van der Waals surface area contributed by atoms with Gasteiger partial charge in [-0.1, -0.05) is 35.5 Å². The van der Waals surface area contributed by atoms with Crippen LogP contribution in [0, 0.1) is 27.7 Å². The summed E-state index contributed by atoms with van der Waals surface area (Å²) in [4.78, 5) is 4.55. The zero-order valence-corrected chi connectivity index (χ0v) is 23.8. The Balaban J connectivity index is 1.69. The minimum Gasteiger partial charge on any atom is -0.491 e. The number of hydrogen-bond donors (Lipinski definition) is 1. The van der Waals surface area contributed by atoms with Gasteiger partial charge in [0.1, 0.15) is 12.4 Å². The number of hydrogen-bond acceptors (Lipinski definition) is 8. The second-order valence-corrected chi connectivity index (χ2v) is 10.8. The topological polar surface area (TPSA) is 113 Å². The summed E-state index contributed by atoms with van der Waals surface area (Å²) in [5.74, 6) is 1.92. The minimum absolute atomic E-state index is 0.124. The number of pyridine rings is 1. The normalized spacial score (nSPS) is 11.4. The fourth-order valence-corrected chi connectivity index (χ4v) is 5.53. The molecule has 0 radical (unpaired) electrons. The first-order valence-electron chi connectivity index (χ1n) is 12.5. The number of nitrogens with zero attached hydrogens (tertiary/aromatic N) is 2. The lowest BCUT2D eigenvalue weighted by Crippen LogP contribution is -2.15. The number of nitrogens with one attached hydrogen (secondary N) is 1. The van der Waals surface area contributed by atoms with Gasteiger partial charge in [0.05, 0.1) is 24.3 Å². The van der Waals surface area contributed by atoms with Gasteiger partial charge >= 0.3 is 0 Å². The molecule has 0 saturated carbocycles. The molecular weight excluding hydrogens is 518 g/mol. The van der Waals surface area contributed by atoms with Crippen LogP contribution in [0.2, 0.25) is 0 Å². The predicted octanol–water partition coefficient (Wildman–Crippen LogP) is 5.90. The number of ether oxygens (including phenoxy) is 3. The van der Waals surface area contributed by atoms with E-state index in [1.807, 2.05) is 51.1 Å². The van der Waals surface area contributed by atoms with Crippen molar-refractivity contribution in [2.24, 2.45) is 0 Å². The molecule has 2 aromatic carbocycles. The van der Waals surface area contributed by atoms with E-state index < -0.39 is 10.0 Å².